The van der Waals surface area contributed by atoms with E-state index in [1.807, 2.05) is 0 Å². The first kappa shape index (κ1) is 17.5. The van der Waals surface area contributed by atoms with Gasteiger partial charge in [-0.3, -0.25) is 4.90 Å². The Morgan fingerprint density at radius 2 is 1.79 bits per heavy atom. The summed E-state index contributed by atoms with van der Waals surface area (Å²) in [6, 6.07) is 8.62. The highest BCUT2D eigenvalue weighted by molar-refractivity contribution is 7.80. The number of piperazine rings is 1. The average Bonchev–Trinajstić information content (AvgIpc) is 3.22. The Morgan fingerprint density at radius 1 is 1.08 bits per heavy atom. The second-order valence-electron chi connectivity index (χ2n) is 6.33. The number of thiocarbonyl (C=S) groups is 1. The predicted molar refractivity (Wildman–Crippen MR) is 106 cm³/mol. The zero-order chi connectivity index (χ0) is 16.9. The van der Waals surface area contributed by atoms with Crippen LogP contribution in [0, 0.1) is 13.8 Å². The van der Waals surface area contributed by atoms with Crippen LogP contribution in [0.5, 0.6) is 0 Å². The summed E-state index contributed by atoms with van der Waals surface area (Å²) >= 11 is 7.31. The van der Waals surface area contributed by atoms with Gasteiger partial charge in [-0.05, 0) is 49.6 Å². The number of aromatic nitrogens is 1. The first-order valence-corrected chi connectivity index (χ1v) is 9.82. The largest absolute Gasteiger partial charge is 0.358 e. The van der Waals surface area contributed by atoms with E-state index in [9.17, 15) is 0 Å². The lowest BCUT2D eigenvalue weighted by molar-refractivity contribution is 0.175. The van der Waals surface area contributed by atoms with Crippen molar-refractivity contribution in [2.24, 2.45) is 0 Å². The van der Waals surface area contributed by atoms with Crippen LogP contribution in [0.25, 0.3) is 0 Å². The topological polar surface area (TPSA) is 23.4 Å². The van der Waals surface area contributed by atoms with Gasteiger partial charge in [-0.2, -0.15) is 0 Å². The van der Waals surface area contributed by atoms with Crippen molar-refractivity contribution in [1.29, 1.82) is 0 Å². The molecule has 3 rings (SSSR count). The Kier molecular flexibility index (Phi) is 5.92. The van der Waals surface area contributed by atoms with E-state index >= 15 is 0 Å². The van der Waals surface area contributed by atoms with E-state index in [-0.39, 0.29) is 0 Å². The molecule has 0 atom stereocenters. The molecule has 0 amide bonds. The fraction of sp³-hybridized carbons (Fsp3) is 0.500. The molecule has 1 aliphatic rings. The van der Waals surface area contributed by atoms with Gasteiger partial charge in [0.2, 0.25) is 0 Å². The van der Waals surface area contributed by atoms with Crippen molar-refractivity contribution in [2.45, 2.75) is 26.9 Å². The Morgan fingerprint density at radius 3 is 2.42 bits per heavy atom. The average molecular weight is 363 g/mol. The van der Waals surface area contributed by atoms with Crippen LogP contribution < -0.4 is 5.32 Å². The second-order valence-corrected chi connectivity index (χ2v) is 7.75. The van der Waals surface area contributed by atoms with E-state index in [2.05, 4.69) is 63.2 Å². The van der Waals surface area contributed by atoms with Crippen molar-refractivity contribution in [1.82, 2.24) is 19.7 Å². The van der Waals surface area contributed by atoms with E-state index in [0.717, 1.165) is 50.9 Å². The Labute approximate surface area is 154 Å². The Balaban J connectivity index is 1.40. The van der Waals surface area contributed by atoms with E-state index in [4.69, 9.17) is 12.2 Å². The molecule has 0 radical (unpaired) electrons. The molecule has 1 aliphatic heterocycles. The highest BCUT2D eigenvalue weighted by atomic mass is 32.1. The van der Waals surface area contributed by atoms with Crippen molar-refractivity contribution in [2.75, 3.05) is 32.7 Å². The number of thiophene rings is 1. The quantitative estimate of drug-likeness (QED) is 0.826. The predicted octanol–water partition coefficient (Wildman–Crippen LogP) is 2.86. The van der Waals surface area contributed by atoms with E-state index in [1.54, 1.807) is 11.3 Å². The van der Waals surface area contributed by atoms with Crippen LogP contribution in [-0.2, 0) is 13.1 Å². The fourth-order valence-electron chi connectivity index (χ4n) is 3.16. The van der Waals surface area contributed by atoms with Gasteiger partial charge in [-0.1, -0.05) is 6.07 Å². The van der Waals surface area contributed by atoms with Gasteiger partial charge < -0.3 is 14.8 Å². The maximum atomic E-state index is 5.55. The molecule has 0 unspecified atom stereocenters. The van der Waals surface area contributed by atoms with Crippen molar-refractivity contribution in [3.8, 4) is 0 Å². The zero-order valence-corrected chi connectivity index (χ0v) is 16.1. The first-order chi connectivity index (χ1) is 11.6. The smallest absolute Gasteiger partial charge is 0.169 e. The summed E-state index contributed by atoms with van der Waals surface area (Å²) in [6.07, 6.45) is 0. The summed E-state index contributed by atoms with van der Waals surface area (Å²) in [4.78, 5) is 6.16. The van der Waals surface area contributed by atoms with Gasteiger partial charge in [0.25, 0.3) is 0 Å². The van der Waals surface area contributed by atoms with Crippen LogP contribution in [0.1, 0.15) is 16.3 Å². The lowest BCUT2D eigenvalue weighted by atomic mass is 10.3. The summed E-state index contributed by atoms with van der Waals surface area (Å²) in [5.74, 6) is 0. The lowest BCUT2D eigenvalue weighted by Crippen LogP contribution is -2.51. The van der Waals surface area contributed by atoms with Crippen molar-refractivity contribution in [3.05, 3.63) is 45.9 Å². The molecule has 3 heterocycles. The normalized spacial score (nSPS) is 15.7. The van der Waals surface area contributed by atoms with Crippen LogP contribution in [0.15, 0.2) is 29.6 Å². The number of hydrogen-bond acceptors (Lipinski definition) is 3. The molecule has 6 heteroatoms. The van der Waals surface area contributed by atoms with E-state index < -0.39 is 0 Å². The van der Waals surface area contributed by atoms with Crippen molar-refractivity contribution >= 4 is 28.7 Å². The third-order valence-electron chi connectivity index (χ3n) is 4.71. The number of aryl methyl sites for hydroxylation is 2. The molecule has 0 saturated carbocycles. The van der Waals surface area contributed by atoms with E-state index in [0.29, 0.717) is 0 Å². The SMILES string of the molecule is Cc1ccc(C)n1CCN1CCN(C(=S)NCc2cccs2)CC1. The maximum absolute atomic E-state index is 5.55. The summed E-state index contributed by atoms with van der Waals surface area (Å²) < 4.78 is 2.40. The summed E-state index contributed by atoms with van der Waals surface area (Å²) in [5, 5.41) is 6.38. The van der Waals surface area contributed by atoms with Gasteiger partial charge in [-0.25, -0.2) is 0 Å². The molecule has 130 valence electrons. The van der Waals surface area contributed by atoms with Gasteiger partial charge in [0.05, 0.1) is 6.54 Å². The van der Waals surface area contributed by atoms with Gasteiger partial charge >= 0.3 is 0 Å². The molecule has 24 heavy (non-hydrogen) atoms. The molecule has 0 spiro atoms. The molecule has 1 N–H and O–H groups in total. The lowest BCUT2D eigenvalue weighted by Gasteiger charge is -2.36. The third-order valence-corrected chi connectivity index (χ3v) is 5.99. The molecular weight excluding hydrogens is 336 g/mol. The van der Waals surface area contributed by atoms with E-state index in [1.165, 1.54) is 16.3 Å². The fourth-order valence-corrected chi connectivity index (χ4v) is 4.06. The molecule has 2 aromatic heterocycles. The molecule has 4 nitrogen and oxygen atoms in total. The minimum absolute atomic E-state index is 0.836. The monoisotopic (exact) mass is 362 g/mol. The molecule has 0 aromatic carbocycles. The standard InChI is InChI=1S/C18H26N4S2/c1-15-5-6-16(2)22(15)12-9-20-7-10-21(11-8-20)18(23)19-14-17-4-3-13-24-17/h3-6,13H,7-12,14H2,1-2H3,(H,19,23). The summed E-state index contributed by atoms with van der Waals surface area (Å²) in [5.41, 5.74) is 2.70. The number of hydrogen-bond donors (Lipinski definition) is 1. The highest BCUT2D eigenvalue weighted by Gasteiger charge is 2.18. The minimum atomic E-state index is 0.836. The third kappa shape index (κ3) is 4.37. The first-order valence-electron chi connectivity index (χ1n) is 8.54. The van der Waals surface area contributed by atoms with Gasteiger partial charge in [0.15, 0.2) is 5.11 Å². The molecule has 1 fully saturated rings. The minimum Gasteiger partial charge on any atom is -0.358 e. The highest BCUT2D eigenvalue weighted by Crippen LogP contribution is 2.10. The zero-order valence-electron chi connectivity index (χ0n) is 14.5. The molecule has 0 bridgehead atoms. The molecule has 0 aliphatic carbocycles. The van der Waals surface area contributed by atoms with Gasteiger partial charge in [0, 0.05) is 55.5 Å². The van der Waals surface area contributed by atoms with Crippen LogP contribution >= 0.6 is 23.6 Å². The second kappa shape index (κ2) is 8.14. The molecule has 1 saturated heterocycles. The summed E-state index contributed by atoms with van der Waals surface area (Å²) in [7, 11) is 0. The van der Waals surface area contributed by atoms with Crippen LogP contribution in [-0.4, -0.2) is 52.2 Å². The Hall–Kier alpha value is -1.37. The van der Waals surface area contributed by atoms with Crippen LogP contribution in [0.3, 0.4) is 0 Å². The Bertz CT molecular complexity index is 635. The van der Waals surface area contributed by atoms with Crippen LogP contribution in [0.4, 0.5) is 0 Å². The number of nitrogens with zero attached hydrogens (tertiary/aromatic N) is 3. The van der Waals surface area contributed by atoms with Gasteiger partial charge in [-0.15, -0.1) is 11.3 Å². The molecule has 2 aromatic rings. The summed E-state index contributed by atoms with van der Waals surface area (Å²) in [6.45, 7) is 11.6. The van der Waals surface area contributed by atoms with Crippen molar-refractivity contribution < 1.29 is 0 Å². The van der Waals surface area contributed by atoms with Gasteiger partial charge in [0.1, 0.15) is 0 Å². The maximum Gasteiger partial charge on any atom is 0.169 e. The number of rotatable bonds is 5. The van der Waals surface area contributed by atoms with Crippen LogP contribution in [0.2, 0.25) is 0 Å². The number of nitrogens with one attached hydrogen (secondary N) is 1. The van der Waals surface area contributed by atoms with Crippen molar-refractivity contribution in [3.63, 3.8) is 0 Å². The molecular formula is C18H26N4S2.